The molecular formula is C57H72BN3S. The summed E-state index contributed by atoms with van der Waals surface area (Å²) in [6, 6.07) is 30.0. The maximum atomic E-state index is 5.83. The van der Waals surface area contributed by atoms with E-state index in [4.69, 9.17) is 4.98 Å². The normalized spacial score (nSPS) is 23.1. The third-order valence-electron chi connectivity index (χ3n) is 15.7. The third-order valence-corrected chi connectivity index (χ3v) is 17.1. The van der Waals surface area contributed by atoms with Gasteiger partial charge in [0.05, 0.1) is 10.6 Å². The molecule has 0 unspecified atom stereocenters. The predicted molar refractivity (Wildman–Crippen MR) is 269 cm³/mol. The fourth-order valence-corrected chi connectivity index (χ4v) is 13.6. The van der Waals surface area contributed by atoms with Crippen molar-refractivity contribution in [3.8, 4) is 0 Å². The summed E-state index contributed by atoms with van der Waals surface area (Å²) in [6.07, 6.45) is 8.32. The molecule has 6 aliphatic rings. The van der Waals surface area contributed by atoms with E-state index in [-0.39, 0.29) is 39.2 Å². The summed E-state index contributed by atoms with van der Waals surface area (Å²) in [6.45, 7) is 35.4. The van der Waals surface area contributed by atoms with Gasteiger partial charge >= 0.3 is 0 Å². The molecule has 0 saturated heterocycles. The molecular weight excluding hydrogens is 770 g/mol. The van der Waals surface area contributed by atoms with Crippen LogP contribution in [0.5, 0.6) is 0 Å². The standard InChI is InChI=1S/C57H72BN3S/c1-52(2,3)37-16-19-42(20-17-37)60-45-21-18-38(53(4,5)6)28-44(45)58-48-46(60)29-41(57-31-34-22-35(32-57)24-36(23-34)33-57)30-47(48)61(50-49(58)59-51(62-50)56(13,14)15)43-26-39(54(7,8)9)25-40(27-43)55(10,11)12/h16-21,25-30,34-36H,22-24,31-33H2,1-15H3. The second-order valence-electron chi connectivity index (χ2n) is 25.8. The molecule has 0 amide bonds. The van der Waals surface area contributed by atoms with E-state index in [0.29, 0.717) is 0 Å². The molecule has 3 nitrogen and oxygen atoms in total. The molecule has 4 aliphatic carbocycles. The van der Waals surface area contributed by atoms with E-state index in [0.717, 1.165) is 17.8 Å². The number of nitrogens with zero attached hydrogens (tertiary/aromatic N) is 3. The van der Waals surface area contributed by atoms with Gasteiger partial charge in [-0.3, -0.25) is 4.98 Å². The molecule has 2 aliphatic heterocycles. The molecule has 62 heavy (non-hydrogen) atoms. The molecule has 0 radical (unpaired) electrons. The molecule has 324 valence electrons. The lowest BCUT2D eigenvalue weighted by molar-refractivity contribution is -0.00514. The summed E-state index contributed by atoms with van der Waals surface area (Å²) in [5.74, 6) is 2.57. The first-order chi connectivity index (χ1) is 28.8. The number of anilines is 6. The van der Waals surface area contributed by atoms with Crippen molar-refractivity contribution in [3.63, 3.8) is 0 Å². The van der Waals surface area contributed by atoms with Gasteiger partial charge in [-0.15, -0.1) is 11.3 Å². The van der Waals surface area contributed by atoms with Crippen molar-refractivity contribution in [2.75, 3.05) is 9.80 Å². The Morgan fingerprint density at radius 3 is 1.52 bits per heavy atom. The van der Waals surface area contributed by atoms with Gasteiger partial charge in [-0.2, -0.15) is 0 Å². The van der Waals surface area contributed by atoms with E-state index < -0.39 is 0 Å². The number of fused-ring (bicyclic) bond motifs is 4. The van der Waals surface area contributed by atoms with Crippen LogP contribution in [0, 0.1) is 17.8 Å². The van der Waals surface area contributed by atoms with Crippen molar-refractivity contribution in [2.45, 2.75) is 175 Å². The Bertz CT molecular complexity index is 2530. The minimum atomic E-state index is -0.0948. The summed E-state index contributed by atoms with van der Waals surface area (Å²) in [5.41, 5.74) is 17.8. The van der Waals surface area contributed by atoms with Gasteiger partial charge in [-0.25, -0.2) is 0 Å². The zero-order valence-electron chi connectivity index (χ0n) is 40.7. The van der Waals surface area contributed by atoms with Crippen LogP contribution in [0.4, 0.5) is 33.4 Å². The Hall–Kier alpha value is -3.83. The van der Waals surface area contributed by atoms with Gasteiger partial charge in [0.1, 0.15) is 5.00 Å². The average molecular weight is 842 g/mol. The molecule has 3 heterocycles. The Labute approximate surface area is 379 Å². The van der Waals surface area contributed by atoms with Crippen molar-refractivity contribution in [1.29, 1.82) is 0 Å². The fourth-order valence-electron chi connectivity index (χ4n) is 12.4. The lowest BCUT2D eigenvalue weighted by atomic mass is 9.35. The van der Waals surface area contributed by atoms with Crippen molar-refractivity contribution in [2.24, 2.45) is 17.8 Å². The minimum Gasteiger partial charge on any atom is -0.311 e. The highest BCUT2D eigenvalue weighted by atomic mass is 32.1. The van der Waals surface area contributed by atoms with E-state index in [1.54, 1.807) is 5.56 Å². The molecule has 0 spiro atoms. The third kappa shape index (κ3) is 6.84. The van der Waals surface area contributed by atoms with Gasteiger partial charge in [-0.05, 0) is 165 Å². The molecule has 0 N–H and O–H groups in total. The molecule has 1 aromatic heterocycles. The first-order valence-corrected chi connectivity index (χ1v) is 24.8. The SMILES string of the molecule is CC(C)(C)c1ccc(N2c3ccc(C(C)(C)C)cc3B3c4nc(C(C)(C)C)sc4N(c4cc(C(C)(C)C)cc(C(C)(C)C)c4)c4cc(C56CC7CC(CC(C7)C5)C6)cc2c43)cc1. The topological polar surface area (TPSA) is 19.4 Å². The van der Waals surface area contributed by atoms with Crippen LogP contribution < -0.4 is 26.3 Å². The second kappa shape index (κ2) is 13.6. The van der Waals surface area contributed by atoms with Crippen LogP contribution in [0.25, 0.3) is 0 Å². The van der Waals surface area contributed by atoms with E-state index in [1.165, 1.54) is 116 Å². The smallest absolute Gasteiger partial charge is 0.276 e. The number of benzene rings is 4. The number of hydrogen-bond donors (Lipinski definition) is 0. The average Bonchev–Trinajstić information content (AvgIpc) is 3.61. The van der Waals surface area contributed by atoms with E-state index in [1.807, 2.05) is 11.3 Å². The Kier molecular flexibility index (Phi) is 9.25. The monoisotopic (exact) mass is 842 g/mol. The molecule has 5 heteroatoms. The van der Waals surface area contributed by atoms with E-state index in [2.05, 4.69) is 186 Å². The highest BCUT2D eigenvalue weighted by molar-refractivity contribution is 7.19. The van der Waals surface area contributed by atoms with Gasteiger partial charge in [0.25, 0.3) is 6.71 Å². The molecule has 11 rings (SSSR count). The van der Waals surface area contributed by atoms with Gasteiger partial charge in [0, 0.05) is 33.9 Å². The molecule has 5 aromatic rings. The first kappa shape index (κ1) is 42.1. The first-order valence-electron chi connectivity index (χ1n) is 24.0. The van der Waals surface area contributed by atoms with Gasteiger partial charge in [0.2, 0.25) is 0 Å². The van der Waals surface area contributed by atoms with E-state index >= 15 is 0 Å². The molecule has 4 bridgehead atoms. The van der Waals surface area contributed by atoms with Crippen LogP contribution in [0.1, 0.15) is 175 Å². The maximum absolute atomic E-state index is 5.83. The Morgan fingerprint density at radius 2 is 1.02 bits per heavy atom. The van der Waals surface area contributed by atoms with Crippen LogP contribution in [-0.4, -0.2) is 11.7 Å². The molecule has 0 atom stereocenters. The second-order valence-corrected chi connectivity index (χ2v) is 26.8. The number of rotatable bonds is 3. The zero-order valence-corrected chi connectivity index (χ0v) is 41.5. The largest absolute Gasteiger partial charge is 0.311 e. The van der Waals surface area contributed by atoms with Crippen molar-refractivity contribution < 1.29 is 0 Å². The summed E-state index contributed by atoms with van der Waals surface area (Å²) < 4.78 is 0. The van der Waals surface area contributed by atoms with Crippen molar-refractivity contribution >= 4 is 68.0 Å². The Balaban J connectivity index is 1.33. The quantitative estimate of drug-likeness (QED) is 0.165. The van der Waals surface area contributed by atoms with Gasteiger partial charge in [0.15, 0.2) is 0 Å². The summed E-state index contributed by atoms with van der Waals surface area (Å²) in [4.78, 5) is 11.2. The zero-order chi connectivity index (χ0) is 44.3. The van der Waals surface area contributed by atoms with E-state index in [9.17, 15) is 0 Å². The van der Waals surface area contributed by atoms with Crippen LogP contribution in [-0.2, 0) is 32.5 Å². The van der Waals surface area contributed by atoms with Crippen LogP contribution in [0.15, 0.2) is 72.8 Å². The number of thiazole rings is 1. The number of hydrogen-bond acceptors (Lipinski definition) is 4. The van der Waals surface area contributed by atoms with Gasteiger partial charge < -0.3 is 9.80 Å². The van der Waals surface area contributed by atoms with Crippen LogP contribution in [0.3, 0.4) is 0 Å². The lowest BCUT2D eigenvalue weighted by Gasteiger charge is -2.57. The highest BCUT2D eigenvalue weighted by Gasteiger charge is 2.54. The predicted octanol–water partition coefficient (Wildman–Crippen LogP) is 14.2. The molecule has 4 fully saturated rings. The van der Waals surface area contributed by atoms with Gasteiger partial charge in [-0.1, -0.05) is 134 Å². The van der Waals surface area contributed by atoms with Crippen LogP contribution in [0.2, 0.25) is 0 Å². The summed E-state index contributed by atoms with van der Waals surface area (Å²) in [5, 5.41) is 2.50. The molecule has 4 saturated carbocycles. The highest BCUT2D eigenvalue weighted by Crippen LogP contribution is 2.62. The Morgan fingerprint density at radius 1 is 0.516 bits per heavy atom. The maximum Gasteiger partial charge on any atom is 0.276 e. The van der Waals surface area contributed by atoms with Crippen LogP contribution >= 0.6 is 11.3 Å². The summed E-state index contributed by atoms with van der Waals surface area (Å²) >= 11 is 1.94. The number of aromatic nitrogens is 1. The summed E-state index contributed by atoms with van der Waals surface area (Å²) in [7, 11) is 0. The van der Waals surface area contributed by atoms with Crippen molar-refractivity contribution in [1.82, 2.24) is 4.98 Å². The lowest BCUT2D eigenvalue weighted by Crippen LogP contribution is -2.62. The molecule has 4 aromatic carbocycles. The minimum absolute atomic E-state index is 0.00137. The fraction of sp³-hybridized carbons (Fsp3) is 0.526. The van der Waals surface area contributed by atoms with Crippen molar-refractivity contribution in [3.05, 3.63) is 106 Å².